The van der Waals surface area contributed by atoms with E-state index in [1.807, 2.05) is 13.0 Å². The second-order valence-electron chi connectivity index (χ2n) is 19.8. The molecule has 0 radical (unpaired) electrons. The van der Waals surface area contributed by atoms with Crippen molar-refractivity contribution in [3.63, 3.8) is 0 Å². The number of carboxylic acid groups (broad SMARTS) is 1. The lowest BCUT2D eigenvalue weighted by molar-refractivity contribution is -0.200. The number of rotatable bonds is 27. The van der Waals surface area contributed by atoms with E-state index in [1.165, 1.54) is 0 Å². The number of anilines is 1. The third kappa shape index (κ3) is 12.6. The summed E-state index contributed by atoms with van der Waals surface area (Å²) in [5.74, 6) is -1.50. The van der Waals surface area contributed by atoms with Crippen molar-refractivity contribution in [2.75, 3.05) is 71.3 Å². The van der Waals surface area contributed by atoms with Crippen LogP contribution in [0.3, 0.4) is 0 Å². The van der Waals surface area contributed by atoms with Gasteiger partial charge in [0.15, 0.2) is 17.7 Å². The zero-order valence-corrected chi connectivity index (χ0v) is 41.5. The molecule has 5 aliphatic rings. The topological polar surface area (TPSA) is 256 Å². The predicted octanol–water partition coefficient (Wildman–Crippen LogP) is 4.11. The standard InChI is InChI=1S/C51H74N4O15/c1-7-8-43-69-41-28-38-37-14-9-33-27-35(56)15-17-49(33,5)44(37)39(57)29-50(38,6)51(41,70-43)40(58)30-68-36-12-10-34(11-13-36)54-46(60)32(4)53-47(61)45(31(2)3)55-42(59)16-19-64-21-23-66-25-26-67-24-22-65-20-18-52-48(62)63/h10-13,15,17,27,31-32,37-39,41,43-45,52,57H,7-9,14,16,18-26,28-30H2,1-6H3,(H,53,61)(H,54,60)(H,55,59)(H,62,63)/t32-,37-,38-,39-,41+,43?,44+,45-,49-,50-,51+/m0/s1. The molecule has 6 N–H and O–H groups in total. The lowest BCUT2D eigenvalue weighted by Gasteiger charge is -2.59. The monoisotopic (exact) mass is 983 g/mol. The number of hydrogen-bond acceptors (Lipinski definition) is 14. The maximum absolute atomic E-state index is 14.7. The number of amides is 4. The fraction of sp³-hybridized carbons (Fsp3) is 0.686. The van der Waals surface area contributed by atoms with Crippen molar-refractivity contribution in [1.29, 1.82) is 0 Å². The van der Waals surface area contributed by atoms with Crippen LogP contribution in [-0.2, 0) is 52.4 Å². The summed E-state index contributed by atoms with van der Waals surface area (Å²) >= 11 is 0. The van der Waals surface area contributed by atoms with Gasteiger partial charge in [0, 0.05) is 35.4 Å². The summed E-state index contributed by atoms with van der Waals surface area (Å²) in [5, 5.41) is 31.0. The molecule has 388 valence electrons. The fourth-order valence-electron chi connectivity index (χ4n) is 11.5. The van der Waals surface area contributed by atoms with E-state index in [-0.39, 0.29) is 80.5 Å². The number of Topliss-reactive ketones (excluding diaryl/α,β-unsaturated/α-hetero) is 1. The summed E-state index contributed by atoms with van der Waals surface area (Å²) in [4.78, 5) is 76.6. The molecule has 19 heteroatoms. The van der Waals surface area contributed by atoms with Crippen molar-refractivity contribution in [2.45, 2.75) is 123 Å². The van der Waals surface area contributed by atoms with Gasteiger partial charge in [0.05, 0.1) is 65.1 Å². The summed E-state index contributed by atoms with van der Waals surface area (Å²) in [7, 11) is 0. The van der Waals surface area contributed by atoms with E-state index in [9.17, 15) is 33.9 Å². The highest BCUT2D eigenvalue weighted by Gasteiger charge is 2.76. The molecule has 4 fully saturated rings. The summed E-state index contributed by atoms with van der Waals surface area (Å²) in [6.07, 6.45) is 6.42. The number of carbonyl (C=O) groups is 6. The Kier molecular flexibility index (Phi) is 19.2. The highest BCUT2D eigenvalue weighted by molar-refractivity contribution is 6.01. The van der Waals surface area contributed by atoms with Gasteiger partial charge in [-0.3, -0.25) is 24.0 Å². The average Bonchev–Trinajstić information content (AvgIpc) is 3.80. The molecule has 1 unspecified atom stereocenters. The predicted molar refractivity (Wildman–Crippen MR) is 255 cm³/mol. The van der Waals surface area contributed by atoms with Crippen molar-refractivity contribution in [1.82, 2.24) is 16.0 Å². The van der Waals surface area contributed by atoms with E-state index >= 15 is 0 Å². The van der Waals surface area contributed by atoms with Gasteiger partial charge in [-0.15, -0.1) is 0 Å². The number of benzene rings is 1. The minimum Gasteiger partial charge on any atom is -0.486 e. The first-order chi connectivity index (χ1) is 33.4. The third-order valence-electron chi connectivity index (χ3n) is 14.8. The molecular formula is C51H74N4O15. The first kappa shape index (κ1) is 54.6. The Morgan fingerprint density at radius 3 is 2.19 bits per heavy atom. The highest BCUT2D eigenvalue weighted by Crippen LogP contribution is 2.69. The molecule has 4 amide bonds. The number of carbonyl (C=O) groups excluding carboxylic acids is 5. The van der Waals surface area contributed by atoms with Gasteiger partial charge in [0.25, 0.3) is 0 Å². The molecule has 1 aromatic carbocycles. The molecule has 0 aromatic heterocycles. The Morgan fingerprint density at radius 1 is 0.886 bits per heavy atom. The van der Waals surface area contributed by atoms with Gasteiger partial charge >= 0.3 is 6.09 Å². The third-order valence-corrected chi connectivity index (χ3v) is 14.8. The first-order valence-corrected chi connectivity index (χ1v) is 24.8. The van der Waals surface area contributed by atoms with Gasteiger partial charge in [-0.1, -0.05) is 52.7 Å². The van der Waals surface area contributed by atoms with Gasteiger partial charge in [0.1, 0.15) is 24.4 Å². The lowest BCUT2D eigenvalue weighted by atomic mass is 9.46. The number of hydrogen-bond donors (Lipinski definition) is 6. The van der Waals surface area contributed by atoms with Crippen molar-refractivity contribution in [3.8, 4) is 5.75 Å². The van der Waals surface area contributed by atoms with E-state index < -0.39 is 64.9 Å². The molecule has 1 aromatic rings. The molecule has 6 rings (SSSR count). The lowest BCUT2D eigenvalue weighted by Crippen LogP contribution is -2.63. The number of ether oxygens (including phenoxy) is 7. The van der Waals surface area contributed by atoms with Crippen LogP contribution in [0.1, 0.15) is 86.5 Å². The number of aliphatic hydroxyl groups excluding tert-OH is 1. The SMILES string of the molecule is CCCC1O[C@@H]2C[C@H]3[C@@H]4CCC5=CC(=O)C=C[C@]5(C)[C@H]4[C@@H](O)C[C@]3(C)[C@]2(C(=O)COc2ccc(NC(=O)[C@H](C)NC(=O)[C@@H](NC(=O)CCOCCOCCOCCOCCNC(=O)O)C(C)C)cc2)O1. The molecule has 1 saturated heterocycles. The second-order valence-corrected chi connectivity index (χ2v) is 19.8. The molecule has 3 saturated carbocycles. The van der Waals surface area contributed by atoms with E-state index in [2.05, 4.69) is 35.1 Å². The van der Waals surface area contributed by atoms with Gasteiger partial charge in [-0.2, -0.15) is 0 Å². The summed E-state index contributed by atoms with van der Waals surface area (Å²) in [6, 6.07) is 4.71. The zero-order valence-electron chi connectivity index (χ0n) is 41.5. The molecule has 70 heavy (non-hydrogen) atoms. The smallest absolute Gasteiger partial charge is 0.404 e. The van der Waals surface area contributed by atoms with Crippen LogP contribution in [0, 0.1) is 34.5 Å². The van der Waals surface area contributed by atoms with Crippen LogP contribution in [0.15, 0.2) is 48.1 Å². The molecular weight excluding hydrogens is 909 g/mol. The molecule has 1 aliphatic heterocycles. The molecule has 11 atom stereocenters. The highest BCUT2D eigenvalue weighted by atomic mass is 16.7. The number of nitrogens with one attached hydrogen (secondary N) is 4. The molecule has 4 aliphatic carbocycles. The van der Waals surface area contributed by atoms with Crippen molar-refractivity contribution >= 4 is 41.1 Å². The number of ketones is 2. The maximum atomic E-state index is 14.7. The van der Waals surface area contributed by atoms with E-state index in [1.54, 1.807) is 57.2 Å². The molecule has 19 nitrogen and oxygen atoms in total. The minimum atomic E-state index is -1.32. The average molecular weight is 983 g/mol. The van der Waals surface area contributed by atoms with Crippen LogP contribution >= 0.6 is 0 Å². The minimum absolute atomic E-state index is 0.0153. The maximum Gasteiger partial charge on any atom is 0.404 e. The largest absolute Gasteiger partial charge is 0.486 e. The van der Waals surface area contributed by atoms with E-state index in [4.69, 9.17) is 38.3 Å². The van der Waals surface area contributed by atoms with Crippen LogP contribution in [-0.4, -0.2) is 148 Å². The van der Waals surface area contributed by atoms with Gasteiger partial charge in [-0.25, -0.2) is 4.79 Å². The van der Waals surface area contributed by atoms with Gasteiger partial charge in [0.2, 0.25) is 23.5 Å². The van der Waals surface area contributed by atoms with Crippen molar-refractivity contribution < 1.29 is 72.1 Å². The van der Waals surface area contributed by atoms with Crippen LogP contribution in [0.4, 0.5) is 10.5 Å². The summed E-state index contributed by atoms with van der Waals surface area (Å²) < 4.78 is 41.0. The second kappa shape index (κ2) is 24.6. The Bertz CT molecular complexity index is 2060. The molecule has 0 spiro atoms. The summed E-state index contributed by atoms with van der Waals surface area (Å²) in [5.41, 5.74) is -1.00. The Hall–Kier alpha value is -4.76. The first-order valence-electron chi connectivity index (χ1n) is 24.8. The molecule has 1 heterocycles. The van der Waals surface area contributed by atoms with Crippen LogP contribution in [0.2, 0.25) is 0 Å². The van der Waals surface area contributed by atoms with Crippen LogP contribution in [0.25, 0.3) is 0 Å². The molecule has 0 bridgehead atoms. The quantitative estimate of drug-likeness (QED) is 0.0679. The normalized spacial score (nSPS) is 29.4. The van der Waals surface area contributed by atoms with Crippen LogP contribution in [0.5, 0.6) is 5.75 Å². The van der Waals surface area contributed by atoms with Gasteiger partial charge < -0.3 is 64.6 Å². The Labute approximate surface area is 410 Å². The zero-order chi connectivity index (χ0) is 50.6. The van der Waals surface area contributed by atoms with Crippen LogP contribution < -0.4 is 26.0 Å². The number of fused-ring (bicyclic) bond motifs is 7. The number of allylic oxidation sites excluding steroid dienone is 4. The van der Waals surface area contributed by atoms with Crippen molar-refractivity contribution in [2.24, 2.45) is 34.5 Å². The van der Waals surface area contributed by atoms with E-state index in [0.29, 0.717) is 63.7 Å². The van der Waals surface area contributed by atoms with Gasteiger partial charge in [-0.05, 0) is 93.2 Å². The number of aliphatic hydroxyl groups is 1. The fourth-order valence-corrected chi connectivity index (χ4v) is 11.5. The Balaban J connectivity index is 0.928. The van der Waals surface area contributed by atoms with E-state index in [0.717, 1.165) is 24.8 Å². The van der Waals surface area contributed by atoms with Crippen molar-refractivity contribution in [3.05, 3.63) is 48.1 Å². The summed E-state index contributed by atoms with van der Waals surface area (Å²) in [6.45, 7) is 13.6. The Morgan fingerprint density at radius 2 is 1.54 bits per heavy atom.